The number of rotatable bonds is 5. The number of aryl methyl sites for hydroxylation is 1. The van der Waals surface area contributed by atoms with Gasteiger partial charge in [0.05, 0.1) is 23.8 Å². The van der Waals surface area contributed by atoms with Crippen molar-refractivity contribution >= 4 is 11.9 Å². The van der Waals surface area contributed by atoms with Gasteiger partial charge < -0.3 is 15.0 Å². The number of benzene rings is 1. The summed E-state index contributed by atoms with van der Waals surface area (Å²) in [5.74, 6) is -1.05. The highest BCUT2D eigenvalue weighted by Crippen LogP contribution is 2.30. The van der Waals surface area contributed by atoms with E-state index in [0.717, 1.165) is 12.1 Å². The number of H-pyrrole nitrogens is 1. The highest BCUT2D eigenvalue weighted by Gasteiger charge is 2.31. The largest absolute Gasteiger partial charge is 0.462 e. The van der Waals surface area contributed by atoms with Crippen LogP contribution in [0.3, 0.4) is 0 Å². The molecule has 0 saturated carbocycles. The highest BCUT2D eigenvalue weighted by molar-refractivity contribution is 6.00. The molecule has 0 saturated heterocycles. The van der Waals surface area contributed by atoms with Crippen LogP contribution in [0.4, 0.5) is 13.2 Å². The van der Waals surface area contributed by atoms with Crippen LogP contribution >= 0.6 is 0 Å². The predicted octanol–water partition coefficient (Wildman–Crippen LogP) is 4.32. The summed E-state index contributed by atoms with van der Waals surface area (Å²) in [6.45, 7) is 6.73. The number of ether oxygens (including phenoxy) is 1. The lowest BCUT2D eigenvalue weighted by Gasteiger charge is -2.16. The Morgan fingerprint density at radius 1 is 1.26 bits per heavy atom. The van der Waals surface area contributed by atoms with E-state index in [1.807, 2.05) is 0 Å². The van der Waals surface area contributed by atoms with Gasteiger partial charge in [0.15, 0.2) is 0 Å². The highest BCUT2D eigenvalue weighted by atomic mass is 19.4. The molecule has 1 aromatic carbocycles. The summed E-state index contributed by atoms with van der Waals surface area (Å²) in [6.07, 6.45) is -4.46. The molecule has 5 nitrogen and oxygen atoms in total. The topological polar surface area (TPSA) is 71.2 Å². The summed E-state index contributed by atoms with van der Waals surface area (Å²) < 4.78 is 43.6. The molecule has 1 heterocycles. The average molecular weight is 382 g/mol. The van der Waals surface area contributed by atoms with Gasteiger partial charge in [-0.3, -0.25) is 4.79 Å². The van der Waals surface area contributed by atoms with Crippen molar-refractivity contribution in [1.82, 2.24) is 10.3 Å². The van der Waals surface area contributed by atoms with E-state index in [2.05, 4.69) is 10.3 Å². The number of aromatic amines is 1. The molecule has 146 valence electrons. The number of amides is 1. The number of hydrogen-bond acceptors (Lipinski definition) is 3. The van der Waals surface area contributed by atoms with Crippen molar-refractivity contribution in [2.24, 2.45) is 0 Å². The van der Waals surface area contributed by atoms with Gasteiger partial charge in [-0.05, 0) is 51.0 Å². The first-order valence-electron chi connectivity index (χ1n) is 8.40. The fraction of sp³-hybridized carbons (Fsp3) is 0.368. The first kappa shape index (κ1) is 20.5. The van der Waals surface area contributed by atoms with Crippen LogP contribution in [0, 0.1) is 13.8 Å². The lowest BCUT2D eigenvalue weighted by Crippen LogP contribution is -2.27. The Morgan fingerprint density at radius 2 is 1.93 bits per heavy atom. The van der Waals surface area contributed by atoms with E-state index in [4.69, 9.17) is 4.74 Å². The number of alkyl halides is 3. The van der Waals surface area contributed by atoms with Crippen LogP contribution in [0.5, 0.6) is 0 Å². The Morgan fingerprint density at radius 3 is 2.52 bits per heavy atom. The van der Waals surface area contributed by atoms with Gasteiger partial charge >= 0.3 is 12.1 Å². The average Bonchev–Trinajstić information content (AvgIpc) is 2.89. The molecule has 1 amide bonds. The predicted molar refractivity (Wildman–Crippen MR) is 93.5 cm³/mol. The van der Waals surface area contributed by atoms with Crippen molar-refractivity contribution < 1.29 is 27.5 Å². The standard InChI is InChI=1S/C19H21F3N2O3/c1-5-27-18(26)15-10(2)16(23-12(15)4)17(25)24-11(3)13-7-6-8-14(9-13)19(20,21)22/h6-9,11,23H,5H2,1-4H3,(H,24,25). The van der Waals surface area contributed by atoms with Crippen molar-refractivity contribution in [3.8, 4) is 0 Å². The molecule has 2 aromatic rings. The lowest BCUT2D eigenvalue weighted by molar-refractivity contribution is -0.137. The van der Waals surface area contributed by atoms with Crippen LogP contribution in [-0.2, 0) is 10.9 Å². The fourth-order valence-electron chi connectivity index (χ4n) is 2.82. The van der Waals surface area contributed by atoms with Crippen LogP contribution in [-0.4, -0.2) is 23.5 Å². The van der Waals surface area contributed by atoms with E-state index in [1.54, 1.807) is 27.7 Å². The minimum absolute atomic E-state index is 0.175. The molecular formula is C19H21F3N2O3. The smallest absolute Gasteiger partial charge is 0.416 e. The molecule has 2 rings (SSSR count). The van der Waals surface area contributed by atoms with E-state index in [0.29, 0.717) is 16.8 Å². The van der Waals surface area contributed by atoms with Crippen molar-refractivity contribution in [2.45, 2.75) is 39.9 Å². The molecule has 0 radical (unpaired) electrons. The zero-order valence-electron chi connectivity index (χ0n) is 15.5. The van der Waals surface area contributed by atoms with E-state index < -0.39 is 29.7 Å². The molecule has 0 bridgehead atoms. The molecule has 1 aromatic heterocycles. The molecule has 27 heavy (non-hydrogen) atoms. The molecule has 1 atom stereocenters. The number of esters is 1. The van der Waals surface area contributed by atoms with Gasteiger partial charge in [-0.2, -0.15) is 13.2 Å². The number of hydrogen-bond donors (Lipinski definition) is 2. The summed E-state index contributed by atoms with van der Waals surface area (Å²) in [6, 6.07) is 4.12. The molecule has 0 spiro atoms. The van der Waals surface area contributed by atoms with E-state index in [1.165, 1.54) is 12.1 Å². The minimum Gasteiger partial charge on any atom is -0.462 e. The summed E-state index contributed by atoms with van der Waals surface area (Å²) in [4.78, 5) is 27.4. The summed E-state index contributed by atoms with van der Waals surface area (Å²) in [7, 11) is 0. The normalized spacial score (nSPS) is 12.6. The number of aromatic nitrogens is 1. The number of nitrogens with one attached hydrogen (secondary N) is 2. The number of carbonyl (C=O) groups is 2. The Bertz CT molecular complexity index is 856. The van der Waals surface area contributed by atoms with Gasteiger partial charge in [-0.25, -0.2) is 4.79 Å². The molecule has 0 fully saturated rings. The molecular weight excluding hydrogens is 361 g/mol. The third-order valence-electron chi connectivity index (χ3n) is 4.21. The van der Waals surface area contributed by atoms with Crippen molar-refractivity contribution in [2.75, 3.05) is 6.61 Å². The molecule has 0 aliphatic carbocycles. The Kier molecular flexibility index (Phi) is 5.98. The number of carbonyl (C=O) groups excluding carboxylic acids is 2. The second-order valence-corrected chi connectivity index (χ2v) is 6.16. The molecule has 0 aliphatic heterocycles. The van der Waals surface area contributed by atoms with Gasteiger partial charge in [-0.15, -0.1) is 0 Å². The zero-order chi connectivity index (χ0) is 20.4. The zero-order valence-corrected chi connectivity index (χ0v) is 15.5. The quantitative estimate of drug-likeness (QED) is 0.757. The van der Waals surface area contributed by atoms with Crippen molar-refractivity contribution in [1.29, 1.82) is 0 Å². The Labute approximate surface area is 154 Å². The van der Waals surface area contributed by atoms with Crippen LogP contribution in [0.15, 0.2) is 24.3 Å². The monoisotopic (exact) mass is 382 g/mol. The fourth-order valence-corrected chi connectivity index (χ4v) is 2.82. The van der Waals surface area contributed by atoms with Gasteiger partial charge in [0, 0.05) is 5.69 Å². The van der Waals surface area contributed by atoms with Crippen LogP contribution in [0.25, 0.3) is 0 Å². The second kappa shape index (κ2) is 7.85. The third kappa shape index (κ3) is 4.50. The van der Waals surface area contributed by atoms with Gasteiger partial charge in [0.1, 0.15) is 5.69 Å². The van der Waals surface area contributed by atoms with Crippen molar-refractivity contribution in [3.63, 3.8) is 0 Å². The third-order valence-corrected chi connectivity index (χ3v) is 4.21. The molecule has 2 N–H and O–H groups in total. The first-order chi connectivity index (χ1) is 12.6. The van der Waals surface area contributed by atoms with E-state index in [-0.39, 0.29) is 17.9 Å². The molecule has 0 aliphatic rings. The van der Waals surface area contributed by atoms with Gasteiger partial charge in [0.2, 0.25) is 0 Å². The lowest BCUT2D eigenvalue weighted by atomic mass is 10.0. The SMILES string of the molecule is CCOC(=O)c1c(C)[nH]c(C(=O)NC(C)c2cccc(C(F)(F)F)c2)c1C. The van der Waals surface area contributed by atoms with E-state index >= 15 is 0 Å². The Hall–Kier alpha value is -2.77. The Balaban J connectivity index is 2.23. The van der Waals surface area contributed by atoms with Crippen LogP contribution in [0.2, 0.25) is 0 Å². The van der Waals surface area contributed by atoms with Gasteiger partial charge in [-0.1, -0.05) is 12.1 Å². The molecule has 1 unspecified atom stereocenters. The van der Waals surface area contributed by atoms with Crippen LogP contribution in [0.1, 0.15) is 63.1 Å². The second-order valence-electron chi connectivity index (χ2n) is 6.16. The van der Waals surface area contributed by atoms with Crippen molar-refractivity contribution in [3.05, 3.63) is 57.9 Å². The minimum atomic E-state index is -4.46. The first-order valence-corrected chi connectivity index (χ1v) is 8.40. The summed E-state index contributed by atoms with van der Waals surface area (Å²) in [5, 5.41) is 2.65. The number of halogens is 3. The van der Waals surface area contributed by atoms with Gasteiger partial charge in [0.25, 0.3) is 5.91 Å². The van der Waals surface area contributed by atoms with Crippen LogP contribution < -0.4 is 5.32 Å². The maximum absolute atomic E-state index is 12.9. The molecule has 8 heteroatoms. The summed E-state index contributed by atoms with van der Waals surface area (Å²) >= 11 is 0. The van der Waals surface area contributed by atoms with E-state index in [9.17, 15) is 22.8 Å². The maximum Gasteiger partial charge on any atom is 0.416 e. The summed E-state index contributed by atoms with van der Waals surface area (Å²) in [5.41, 5.74) is 0.924. The maximum atomic E-state index is 12.9.